The van der Waals surface area contributed by atoms with Crippen molar-refractivity contribution < 1.29 is 0 Å². The Morgan fingerprint density at radius 1 is 1.28 bits per heavy atom. The summed E-state index contributed by atoms with van der Waals surface area (Å²) in [4.78, 5) is 4.26. The minimum absolute atomic E-state index is 0.919. The molecule has 1 heterocycles. The number of rotatable bonds is 6. The van der Waals surface area contributed by atoms with Gasteiger partial charge in [-0.1, -0.05) is 32.4 Å². The van der Waals surface area contributed by atoms with Crippen LogP contribution in [0.1, 0.15) is 31.5 Å². The number of hydrogen-bond acceptors (Lipinski definition) is 2. The van der Waals surface area contributed by atoms with E-state index in [1.54, 1.807) is 0 Å². The molecular weight excluding hydrogens is 222 g/mol. The maximum atomic E-state index is 4.26. The fraction of sp³-hybridized carbons (Fsp3) is 0.400. The summed E-state index contributed by atoms with van der Waals surface area (Å²) in [5.74, 6) is 0. The van der Waals surface area contributed by atoms with Crippen LogP contribution in [-0.2, 0) is 13.0 Å². The maximum Gasteiger partial charge on any atom is 0.0994 e. The topological polar surface area (TPSA) is 29.9 Å². The molecule has 0 aliphatic heterocycles. The first-order valence-corrected chi connectivity index (χ1v) is 6.66. The van der Waals surface area contributed by atoms with E-state index in [9.17, 15) is 0 Å². The highest BCUT2D eigenvalue weighted by Gasteiger charge is 2.04. The Labute approximate surface area is 109 Å². The SMILES string of the molecule is CCCc1cncn1-c1cccc(CNCC)c1. The molecule has 0 aliphatic carbocycles. The molecule has 18 heavy (non-hydrogen) atoms. The van der Waals surface area contributed by atoms with Crippen molar-refractivity contribution in [3.8, 4) is 5.69 Å². The molecule has 0 saturated heterocycles. The second-order valence-corrected chi connectivity index (χ2v) is 4.46. The largest absolute Gasteiger partial charge is 0.313 e. The van der Waals surface area contributed by atoms with E-state index in [-0.39, 0.29) is 0 Å². The quantitative estimate of drug-likeness (QED) is 0.845. The third-order valence-electron chi connectivity index (χ3n) is 2.99. The van der Waals surface area contributed by atoms with Crippen molar-refractivity contribution in [3.05, 3.63) is 48.0 Å². The number of imidazole rings is 1. The molecule has 1 N–H and O–H groups in total. The zero-order chi connectivity index (χ0) is 12.8. The van der Waals surface area contributed by atoms with E-state index in [0.717, 1.165) is 25.9 Å². The first-order valence-electron chi connectivity index (χ1n) is 6.66. The number of nitrogens with one attached hydrogen (secondary N) is 1. The van der Waals surface area contributed by atoms with Crippen LogP contribution in [0.15, 0.2) is 36.8 Å². The predicted octanol–water partition coefficient (Wildman–Crippen LogP) is 2.93. The lowest BCUT2D eigenvalue weighted by atomic mass is 10.2. The first-order chi connectivity index (χ1) is 8.85. The summed E-state index contributed by atoms with van der Waals surface area (Å²) in [6.07, 6.45) is 6.07. The van der Waals surface area contributed by atoms with Gasteiger partial charge in [0.25, 0.3) is 0 Å². The maximum absolute atomic E-state index is 4.26. The van der Waals surface area contributed by atoms with Gasteiger partial charge in [0.05, 0.1) is 6.33 Å². The Bertz CT molecular complexity index is 488. The zero-order valence-corrected chi connectivity index (χ0v) is 11.2. The summed E-state index contributed by atoms with van der Waals surface area (Å²) in [5, 5.41) is 3.35. The number of aromatic nitrogens is 2. The molecule has 3 heteroatoms. The normalized spacial score (nSPS) is 10.8. The zero-order valence-electron chi connectivity index (χ0n) is 11.2. The van der Waals surface area contributed by atoms with Gasteiger partial charge in [-0.3, -0.25) is 0 Å². The molecule has 0 spiro atoms. The lowest BCUT2D eigenvalue weighted by Gasteiger charge is -2.09. The van der Waals surface area contributed by atoms with Gasteiger partial charge >= 0.3 is 0 Å². The average Bonchev–Trinajstić information content (AvgIpc) is 2.85. The summed E-state index contributed by atoms with van der Waals surface area (Å²) in [6.45, 7) is 6.23. The van der Waals surface area contributed by atoms with Gasteiger partial charge in [0.1, 0.15) is 0 Å². The second kappa shape index (κ2) is 6.36. The third kappa shape index (κ3) is 2.99. The van der Waals surface area contributed by atoms with Gasteiger partial charge in [-0.05, 0) is 30.7 Å². The van der Waals surface area contributed by atoms with Crippen molar-refractivity contribution in [1.82, 2.24) is 14.9 Å². The van der Waals surface area contributed by atoms with Crippen LogP contribution in [0.25, 0.3) is 5.69 Å². The number of benzene rings is 1. The number of aryl methyl sites for hydroxylation is 1. The molecule has 0 amide bonds. The van der Waals surface area contributed by atoms with Crippen LogP contribution in [0.5, 0.6) is 0 Å². The molecule has 1 aromatic carbocycles. The highest BCUT2D eigenvalue weighted by atomic mass is 15.0. The first kappa shape index (κ1) is 12.8. The van der Waals surface area contributed by atoms with E-state index in [4.69, 9.17) is 0 Å². The van der Waals surface area contributed by atoms with Gasteiger partial charge in [-0.15, -0.1) is 0 Å². The van der Waals surface area contributed by atoms with E-state index in [2.05, 4.69) is 53.0 Å². The van der Waals surface area contributed by atoms with Gasteiger partial charge < -0.3 is 9.88 Å². The Hall–Kier alpha value is -1.61. The van der Waals surface area contributed by atoms with Crippen molar-refractivity contribution in [2.24, 2.45) is 0 Å². The monoisotopic (exact) mass is 243 g/mol. The van der Waals surface area contributed by atoms with Crippen molar-refractivity contribution in [3.63, 3.8) is 0 Å². The molecule has 0 unspecified atom stereocenters. The molecule has 0 atom stereocenters. The fourth-order valence-corrected chi connectivity index (χ4v) is 2.08. The van der Waals surface area contributed by atoms with Crippen molar-refractivity contribution in [2.75, 3.05) is 6.54 Å². The van der Waals surface area contributed by atoms with Crippen LogP contribution in [0, 0.1) is 0 Å². The van der Waals surface area contributed by atoms with Crippen molar-refractivity contribution in [2.45, 2.75) is 33.2 Å². The lowest BCUT2D eigenvalue weighted by Crippen LogP contribution is -2.12. The van der Waals surface area contributed by atoms with Crippen LogP contribution >= 0.6 is 0 Å². The van der Waals surface area contributed by atoms with Crippen molar-refractivity contribution >= 4 is 0 Å². The Kier molecular flexibility index (Phi) is 4.53. The summed E-state index contributed by atoms with van der Waals surface area (Å²) in [7, 11) is 0. The van der Waals surface area contributed by atoms with Crippen LogP contribution < -0.4 is 5.32 Å². The molecule has 2 rings (SSSR count). The van der Waals surface area contributed by atoms with Gasteiger partial charge in [-0.2, -0.15) is 0 Å². The summed E-state index contributed by atoms with van der Waals surface area (Å²) >= 11 is 0. The van der Waals surface area contributed by atoms with E-state index in [1.165, 1.54) is 16.9 Å². The summed E-state index contributed by atoms with van der Waals surface area (Å²) < 4.78 is 2.18. The summed E-state index contributed by atoms with van der Waals surface area (Å²) in [6, 6.07) is 8.63. The standard InChI is InChI=1S/C15H21N3/c1-3-6-15-11-17-12-18(15)14-8-5-7-13(9-14)10-16-4-2/h5,7-9,11-12,16H,3-4,6,10H2,1-2H3. The molecule has 0 aliphatic rings. The Morgan fingerprint density at radius 2 is 2.17 bits per heavy atom. The lowest BCUT2D eigenvalue weighted by molar-refractivity contribution is 0.726. The minimum Gasteiger partial charge on any atom is -0.313 e. The molecule has 3 nitrogen and oxygen atoms in total. The average molecular weight is 243 g/mol. The van der Waals surface area contributed by atoms with Crippen molar-refractivity contribution in [1.29, 1.82) is 0 Å². The number of nitrogens with zero attached hydrogens (tertiary/aromatic N) is 2. The highest BCUT2D eigenvalue weighted by molar-refractivity contribution is 5.37. The molecule has 0 radical (unpaired) electrons. The van der Waals surface area contributed by atoms with Crippen LogP contribution in [0.2, 0.25) is 0 Å². The Balaban J connectivity index is 2.24. The highest BCUT2D eigenvalue weighted by Crippen LogP contribution is 2.14. The molecule has 1 aromatic heterocycles. The smallest absolute Gasteiger partial charge is 0.0994 e. The second-order valence-electron chi connectivity index (χ2n) is 4.46. The van der Waals surface area contributed by atoms with E-state index in [0.29, 0.717) is 0 Å². The van der Waals surface area contributed by atoms with Gasteiger partial charge in [-0.25, -0.2) is 4.98 Å². The van der Waals surface area contributed by atoms with Crippen LogP contribution in [0.4, 0.5) is 0 Å². The summed E-state index contributed by atoms with van der Waals surface area (Å²) in [5.41, 5.74) is 3.79. The molecule has 0 bridgehead atoms. The van der Waals surface area contributed by atoms with E-state index in [1.807, 2.05) is 12.5 Å². The number of hydrogen-bond donors (Lipinski definition) is 1. The van der Waals surface area contributed by atoms with Gasteiger partial charge in [0.15, 0.2) is 0 Å². The molecule has 0 fully saturated rings. The van der Waals surface area contributed by atoms with Gasteiger partial charge in [0, 0.05) is 24.1 Å². The molecular formula is C15H21N3. The van der Waals surface area contributed by atoms with Crippen LogP contribution in [-0.4, -0.2) is 16.1 Å². The van der Waals surface area contributed by atoms with E-state index >= 15 is 0 Å². The third-order valence-corrected chi connectivity index (χ3v) is 2.99. The fourth-order valence-electron chi connectivity index (χ4n) is 2.08. The molecule has 96 valence electrons. The Morgan fingerprint density at radius 3 is 2.94 bits per heavy atom. The predicted molar refractivity (Wildman–Crippen MR) is 74.9 cm³/mol. The van der Waals surface area contributed by atoms with Gasteiger partial charge in [0.2, 0.25) is 0 Å². The van der Waals surface area contributed by atoms with E-state index < -0.39 is 0 Å². The van der Waals surface area contributed by atoms with Crippen LogP contribution in [0.3, 0.4) is 0 Å². The molecule has 0 saturated carbocycles. The molecule has 2 aromatic rings. The minimum atomic E-state index is 0.919.